The molecule has 7 heteroatoms. The Morgan fingerprint density at radius 1 is 1.26 bits per heavy atom. The third kappa shape index (κ3) is 6.05. The van der Waals surface area contributed by atoms with Gasteiger partial charge in [-0.2, -0.15) is 0 Å². The summed E-state index contributed by atoms with van der Waals surface area (Å²) < 4.78 is 32.7. The number of aliphatic imine (C=N–C) groups is 1. The molecule has 0 aliphatic heterocycles. The Balaban J connectivity index is 1.99. The lowest BCUT2D eigenvalue weighted by molar-refractivity contribution is 0.383. The van der Waals surface area contributed by atoms with Crippen molar-refractivity contribution in [2.24, 2.45) is 4.99 Å². The van der Waals surface area contributed by atoms with Gasteiger partial charge in [-0.1, -0.05) is 33.8 Å². The zero-order chi connectivity index (χ0) is 20.0. The Morgan fingerprint density at radius 3 is 2.59 bits per heavy atom. The number of halogens is 2. The number of nitrogens with zero attached hydrogens (tertiary/aromatic N) is 2. The number of guanidine groups is 1. The van der Waals surface area contributed by atoms with Crippen molar-refractivity contribution in [2.45, 2.75) is 52.5 Å². The summed E-state index contributed by atoms with van der Waals surface area (Å²) in [5.41, 5.74) is 0.356. The minimum atomic E-state index is -0.577. The fourth-order valence-corrected chi connectivity index (χ4v) is 2.48. The van der Waals surface area contributed by atoms with Crippen LogP contribution in [0.4, 0.5) is 8.78 Å². The molecule has 0 saturated carbocycles. The summed E-state index contributed by atoms with van der Waals surface area (Å²) in [7, 11) is 0. The monoisotopic (exact) mass is 378 g/mol. The van der Waals surface area contributed by atoms with E-state index in [2.05, 4.69) is 41.4 Å². The zero-order valence-electron chi connectivity index (χ0n) is 16.6. The van der Waals surface area contributed by atoms with Gasteiger partial charge >= 0.3 is 0 Å². The molecule has 0 aliphatic carbocycles. The smallest absolute Gasteiger partial charge is 0.216 e. The van der Waals surface area contributed by atoms with E-state index in [-0.39, 0.29) is 11.3 Å². The van der Waals surface area contributed by atoms with Gasteiger partial charge in [-0.3, -0.25) is 0 Å². The van der Waals surface area contributed by atoms with Crippen LogP contribution in [0.1, 0.15) is 57.8 Å². The van der Waals surface area contributed by atoms with Crippen LogP contribution in [0.3, 0.4) is 0 Å². The van der Waals surface area contributed by atoms with Crippen molar-refractivity contribution >= 4 is 5.96 Å². The van der Waals surface area contributed by atoms with Crippen molar-refractivity contribution < 1.29 is 13.2 Å². The molecule has 1 aromatic carbocycles. The largest absolute Gasteiger partial charge is 0.443 e. The van der Waals surface area contributed by atoms with Crippen LogP contribution in [-0.2, 0) is 12.0 Å². The molecule has 0 radical (unpaired) electrons. The number of hydrogen-bond donors (Lipinski definition) is 2. The highest BCUT2D eigenvalue weighted by atomic mass is 19.1. The summed E-state index contributed by atoms with van der Waals surface area (Å²) in [6.45, 7) is 11.4. The first kappa shape index (κ1) is 20.9. The maximum atomic E-state index is 13.9. The lowest BCUT2D eigenvalue weighted by Crippen LogP contribution is -2.39. The van der Waals surface area contributed by atoms with Gasteiger partial charge in [0.25, 0.3) is 0 Å². The molecule has 2 rings (SSSR count). The Hall–Kier alpha value is -2.44. The summed E-state index contributed by atoms with van der Waals surface area (Å²) >= 11 is 0. The van der Waals surface area contributed by atoms with Crippen molar-refractivity contribution in [1.29, 1.82) is 0 Å². The minimum absolute atomic E-state index is 0.105. The Labute approximate surface area is 159 Å². The SMILES string of the molecule is CCNC(=NCc1ncc(C(C)(C)C)o1)NCC(C)c1ccc(F)cc1F. The van der Waals surface area contributed by atoms with Crippen LogP contribution in [0.25, 0.3) is 0 Å². The van der Waals surface area contributed by atoms with E-state index in [0.29, 0.717) is 37.0 Å². The number of rotatable bonds is 6. The molecule has 0 saturated heterocycles. The number of oxazole rings is 1. The molecule has 0 amide bonds. The maximum absolute atomic E-state index is 13.9. The van der Waals surface area contributed by atoms with Crippen LogP contribution in [0, 0.1) is 11.6 Å². The van der Waals surface area contributed by atoms with Crippen LogP contribution in [-0.4, -0.2) is 24.0 Å². The second-order valence-electron chi connectivity index (χ2n) is 7.51. The summed E-state index contributed by atoms with van der Waals surface area (Å²) in [6.07, 6.45) is 1.73. The van der Waals surface area contributed by atoms with Crippen LogP contribution < -0.4 is 10.6 Å². The highest BCUT2D eigenvalue weighted by Crippen LogP contribution is 2.23. The Kier molecular flexibility index (Phi) is 6.93. The maximum Gasteiger partial charge on any atom is 0.216 e. The van der Waals surface area contributed by atoms with E-state index in [1.165, 1.54) is 12.1 Å². The van der Waals surface area contributed by atoms with Gasteiger partial charge in [0.1, 0.15) is 23.9 Å². The fourth-order valence-electron chi connectivity index (χ4n) is 2.48. The van der Waals surface area contributed by atoms with Gasteiger partial charge in [0, 0.05) is 30.5 Å². The normalized spacial score (nSPS) is 13.5. The molecule has 1 unspecified atom stereocenters. The second-order valence-corrected chi connectivity index (χ2v) is 7.51. The number of hydrogen-bond acceptors (Lipinski definition) is 3. The quantitative estimate of drug-likeness (QED) is 0.587. The lowest BCUT2D eigenvalue weighted by atomic mass is 9.94. The molecule has 2 N–H and O–H groups in total. The van der Waals surface area contributed by atoms with E-state index in [0.717, 1.165) is 11.8 Å². The topological polar surface area (TPSA) is 62.5 Å². The van der Waals surface area contributed by atoms with Crippen molar-refractivity contribution in [1.82, 2.24) is 15.6 Å². The zero-order valence-corrected chi connectivity index (χ0v) is 16.6. The number of aromatic nitrogens is 1. The van der Waals surface area contributed by atoms with Gasteiger partial charge < -0.3 is 15.1 Å². The van der Waals surface area contributed by atoms with E-state index < -0.39 is 11.6 Å². The van der Waals surface area contributed by atoms with Gasteiger partial charge in [-0.15, -0.1) is 0 Å². The standard InChI is InChI=1S/C20H28F2N4O/c1-6-23-19(26-12-18-24-11-17(27-18)20(3,4)5)25-10-13(2)15-8-7-14(21)9-16(15)22/h7-9,11,13H,6,10,12H2,1-5H3,(H2,23,25,26). The van der Waals surface area contributed by atoms with Gasteiger partial charge in [0.15, 0.2) is 5.96 Å². The van der Waals surface area contributed by atoms with Crippen molar-refractivity contribution in [3.63, 3.8) is 0 Å². The molecule has 0 bridgehead atoms. The number of nitrogens with one attached hydrogen (secondary N) is 2. The predicted molar refractivity (Wildman–Crippen MR) is 103 cm³/mol. The van der Waals surface area contributed by atoms with E-state index in [1.807, 2.05) is 13.8 Å². The van der Waals surface area contributed by atoms with E-state index in [9.17, 15) is 8.78 Å². The molecule has 0 aliphatic rings. The molecule has 1 atom stereocenters. The van der Waals surface area contributed by atoms with Gasteiger partial charge in [0.05, 0.1) is 6.20 Å². The van der Waals surface area contributed by atoms with Crippen LogP contribution >= 0.6 is 0 Å². The van der Waals surface area contributed by atoms with Crippen molar-refractivity contribution in [3.05, 3.63) is 53.2 Å². The van der Waals surface area contributed by atoms with Crippen molar-refractivity contribution in [3.8, 4) is 0 Å². The minimum Gasteiger partial charge on any atom is -0.443 e. The lowest BCUT2D eigenvalue weighted by Gasteiger charge is -2.16. The van der Waals surface area contributed by atoms with Crippen LogP contribution in [0.5, 0.6) is 0 Å². The van der Waals surface area contributed by atoms with Gasteiger partial charge in [-0.05, 0) is 18.6 Å². The summed E-state index contributed by atoms with van der Waals surface area (Å²) in [5.74, 6) is 0.666. The molecular weight excluding hydrogens is 350 g/mol. The Bertz CT molecular complexity index is 781. The van der Waals surface area contributed by atoms with Crippen molar-refractivity contribution in [2.75, 3.05) is 13.1 Å². The average molecular weight is 378 g/mol. The first-order valence-electron chi connectivity index (χ1n) is 9.13. The third-order valence-corrected chi connectivity index (χ3v) is 4.08. The summed E-state index contributed by atoms with van der Waals surface area (Å²) in [5, 5.41) is 6.31. The highest BCUT2D eigenvalue weighted by molar-refractivity contribution is 5.79. The average Bonchev–Trinajstić information content (AvgIpc) is 3.06. The molecule has 1 aromatic heterocycles. The molecule has 0 fully saturated rings. The fraction of sp³-hybridized carbons (Fsp3) is 0.500. The van der Waals surface area contributed by atoms with Crippen LogP contribution in [0.15, 0.2) is 33.8 Å². The third-order valence-electron chi connectivity index (χ3n) is 4.08. The molecular formula is C20H28F2N4O. The van der Waals surface area contributed by atoms with E-state index in [1.54, 1.807) is 6.20 Å². The number of benzene rings is 1. The molecule has 27 heavy (non-hydrogen) atoms. The van der Waals surface area contributed by atoms with E-state index in [4.69, 9.17) is 4.42 Å². The molecule has 148 valence electrons. The summed E-state index contributed by atoms with van der Waals surface area (Å²) in [6, 6.07) is 3.64. The molecule has 2 aromatic rings. The first-order valence-corrected chi connectivity index (χ1v) is 9.13. The first-order chi connectivity index (χ1) is 12.7. The Morgan fingerprint density at radius 2 is 2.00 bits per heavy atom. The highest BCUT2D eigenvalue weighted by Gasteiger charge is 2.19. The molecule has 5 nitrogen and oxygen atoms in total. The van der Waals surface area contributed by atoms with Crippen LogP contribution in [0.2, 0.25) is 0 Å². The molecule has 0 spiro atoms. The van der Waals surface area contributed by atoms with Gasteiger partial charge in [-0.25, -0.2) is 18.8 Å². The van der Waals surface area contributed by atoms with Gasteiger partial charge in [0.2, 0.25) is 5.89 Å². The van der Waals surface area contributed by atoms with E-state index >= 15 is 0 Å². The summed E-state index contributed by atoms with van der Waals surface area (Å²) in [4.78, 5) is 8.73. The second kappa shape index (κ2) is 8.97. The predicted octanol–water partition coefficient (Wildman–Crippen LogP) is 4.11. The molecule has 1 heterocycles.